The third kappa shape index (κ3) is 4.60. The van der Waals surface area contributed by atoms with Crippen LogP contribution in [0.2, 0.25) is 0 Å². The molecular formula is C15H30N2O. The number of rotatable bonds is 4. The number of amides is 1. The Morgan fingerprint density at radius 2 is 1.83 bits per heavy atom. The lowest BCUT2D eigenvalue weighted by molar-refractivity contribution is -0.124. The van der Waals surface area contributed by atoms with E-state index in [2.05, 4.69) is 26.1 Å². The van der Waals surface area contributed by atoms with Gasteiger partial charge in [-0.25, -0.2) is 0 Å². The molecule has 1 saturated carbocycles. The molecule has 3 nitrogen and oxygen atoms in total. The molecule has 1 aliphatic rings. The highest BCUT2D eigenvalue weighted by molar-refractivity contribution is 5.78. The molecule has 1 fully saturated rings. The molecule has 0 aromatic carbocycles. The maximum atomic E-state index is 11.6. The SMILES string of the molecule is CC(CN)C(=O)NCC1CCC(C(C)(C)C)CC1. The second-order valence-corrected chi connectivity index (χ2v) is 6.97. The summed E-state index contributed by atoms with van der Waals surface area (Å²) in [5.74, 6) is 1.55. The average Bonchev–Trinajstić information content (AvgIpc) is 2.34. The molecule has 1 aliphatic carbocycles. The third-order valence-corrected chi connectivity index (χ3v) is 4.44. The van der Waals surface area contributed by atoms with Gasteiger partial charge in [0, 0.05) is 19.0 Å². The van der Waals surface area contributed by atoms with Gasteiger partial charge in [-0.05, 0) is 42.9 Å². The highest BCUT2D eigenvalue weighted by atomic mass is 16.1. The van der Waals surface area contributed by atoms with Crippen molar-refractivity contribution >= 4 is 5.91 Å². The van der Waals surface area contributed by atoms with Crippen molar-refractivity contribution in [2.45, 2.75) is 53.4 Å². The van der Waals surface area contributed by atoms with E-state index >= 15 is 0 Å². The van der Waals surface area contributed by atoms with Crippen LogP contribution in [0.4, 0.5) is 0 Å². The van der Waals surface area contributed by atoms with E-state index in [0.29, 0.717) is 17.9 Å². The van der Waals surface area contributed by atoms with Crippen molar-refractivity contribution in [1.29, 1.82) is 0 Å². The van der Waals surface area contributed by atoms with Crippen molar-refractivity contribution in [3.8, 4) is 0 Å². The number of nitrogens with one attached hydrogen (secondary N) is 1. The number of nitrogens with two attached hydrogens (primary N) is 1. The molecule has 0 aromatic heterocycles. The molecule has 1 amide bonds. The second-order valence-electron chi connectivity index (χ2n) is 6.97. The number of carbonyl (C=O) groups excluding carboxylic acids is 1. The monoisotopic (exact) mass is 254 g/mol. The summed E-state index contributed by atoms with van der Waals surface area (Å²) < 4.78 is 0. The fraction of sp³-hybridized carbons (Fsp3) is 0.933. The lowest BCUT2D eigenvalue weighted by Crippen LogP contribution is -2.37. The molecule has 0 saturated heterocycles. The minimum Gasteiger partial charge on any atom is -0.356 e. The van der Waals surface area contributed by atoms with Crippen molar-refractivity contribution in [2.24, 2.45) is 28.9 Å². The minimum absolute atomic E-state index is 0.0593. The zero-order valence-electron chi connectivity index (χ0n) is 12.5. The van der Waals surface area contributed by atoms with Crippen LogP contribution in [-0.4, -0.2) is 19.0 Å². The molecule has 3 N–H and O–H groups in total. The minimum atomic E-state index is -0.0593. The van der Waals surface area contributed by atoms with Crippen LogP contribution in [-0.2, 0) is 4.79 Å². The molecule has 1 rings (SSSR count). The van der Waals surface area contributed by atoms with Crippen LogP contribution in [0.15, 0.2) is 0 Å². The quantitative estimate of drug-likeness (QED) is 0.810. The summed E-state index contributed by atoms with van der Waals surface area (Å²) in [7, 11) is 0. The molecule has 106 valence electrons. The van der Waals surface area contributed by atoms with E-state index in [-0.39, 0.29) is 11.8 Å². The first-order valence-electron chi connectivity index (χ1n) is 7.32. The molecule has 0 aliphatic heterocycles. The average molecular weight is 254 g/mol. The maximum Gasteiger partial charge on any atom is 0.224 e. The first kappa shape index (κ1) is 15.5. The molecule has 0 aromatic rings. The summed E-state index contributed by atoms with van der Waals surface area (Å²) in [4.78, 5) is 11.6. The Morgan fingerprint density at radius 1 is 1.28 bits per heavy atom. The fourth-order valence-corrected chi connectivity index (χ4v) is 2.76. The van der Waals surface area contributed by atoms with Gasteiger partial charge in [0.05, 0.1) is 0 Å². The van der Waals surface area contributed by atoms with Crippen LogP contribution in [0.25, 0.3) is 0 Å². The Kier molecular flexibility index (Phi) is 5.64. The zero-order valence-corrected chi connectivity index (χ0v) is 12.5. The third-order valence-electron chi connectivity index (χ3n) is 4.44. The van der Waals surface area contributed by atoms with E-state index in [4.69, 9.17) is 5.73 Å². The summed E-state index contributed by atoms with van der Waals surface area (Å²) in [6.07, 6.45) is 5.10. The standard InChI is InChI=1S/C15H30N2O/c1-11(9-16)14(18)17-10-12-5-7-13(8-6-12)15(2,3)4/h11-13H,5-10,16H2,1-4H3,(H,17,18). The molecule has 0 bridgehead atoms. The highest BCUT2D eigenvalue weighted by Gasteiger charge is 2.29. The summed E-state index contributed by atoms with van der Waals surface area (Å²) >= 11 is 0. The highest BCUT2D eigenvalue weighted by Crippen LogP contribution is 2.39. The number of carbonyl (C=O) groups is 1. The predicted molar refractivity (Wildman–Crippen MR) is 76.1 cm³/mol. The Labute approximate surface area is 112 Å². The number of hydrogen-bond acceptors (Lipinski definition) is 2. The molecule has 0 radical (unpaired) electrons. The van der Waals surface area contributed by atoms with Gasteiger partial charge in [0.15, 0.2) is 0 Å². The van der Waals surface area contributed by atoms with Gasteiger partial charge in [-0.15, -0.1) is 0 Å². The Morgan fingerprint density at radius 3 is 2.28 bits per heavy atom. The largest absolute Gasteiger partial charge is 0.356 e. The van der Waals surface area contributed by atoms with Crippen LogP contribution >= 0.6 is 0 Å². The van der Waals surface area contributed by atoms with Gasteiger partial charge in [-0.3, -0.25) is 4.79 Å². The van der Waals surface area contributed by atoms with E-state index in [1.165, 1.54) is 25.7 Å². The first-order chi connectivity index (χ1) is 8.34. The second kappa shape index (κ2) is 6.55. The predicted octanol–water partition coefficient (Wildman–Crippen LogP) is 2.55. The van der Waals surface area contributed by atoms with E-state index in [1.807, 2.05) is 6.92 Å². The first-order valence-corrected chi connectivity index (χ1v) is 7.32. The smallest absolute Gasteiger partial charge is 0.224 e. The van der Waals surface area contributed by atoms with Gasteiger partial charge < -0.3 is 11.1 Å². The van der Waals surface area contributed by atoms with E-state index < -0.39 is 0 Å². The lowest BCUT2D eigenvalue weighted by Gasteiger charge is -2.37. The van der Waals surface area contributed by atoms with Crippen molar-refractivity contribution < 1.29 is 4.79 Å². The van der Waals surface area contributed by atoms with Crippen LogP contribution in [0.5, 0.6) is 0 Å². The molecular weight excluding hydrogens is 224 g/mol. The maximum absolute atomic E-state index is 11.6. The van der Waals surface area contributed by atoms with Crippen LogP contribution in [0.1, 0.15) is 53.4 Å². The molecule has 3 heteroatoms. The van der Waals surface area contributed by atoms with Crippen molar-refractivity contribution in [1.82, 2.24) is 5.32 Å². The Hall–Kier alpha value is -0.570. The van der Waals surface area contributed by atoms with Gasteiger partial charge in [0.1, 0.15) is 0 Å². The zero-order chi connectivity index (χ0) is 13.8. The molecule has 18 heavy (non-hydrogen) atoms. The van der Waals surface area contributed by atoms with Gasteiger partial charge in [-0.2, -0.15) is 0 Å². The Bertz CT molecular complexity index is 262. The normalized spacial score (nSPS) is 26.7. The van der Waals surface area contributed by atoms with Crippen molar-refractivity contribution in [3.05, 3.63) is 0 Å². The van der Waals surface area contributed by atoms with E-state index in [1.54, 1.807) is 0 Å². The van der Waals surface area contributed by atoms with Crippen molar-refractivity contribution in [2.75, 3.05) is 13.1 Å². The molecule has 0 heterocycles. The fourth-order valence-electron chi connectivity index (χ4n) is 2.76. The molecule has 1 atom stereocenters. The Balaban J connectivity index is 2.26. The van der Waals surface area contributed by atoms with Gasteiger partial charge in [0.25, 0.3) is 0 Å². The van der Waals surface area contributed by atoms with Crippen LogP contribution in [0, 0.1) is 23.2 Å². The lowest BCUT2D eigenvalue weighted by atomic mass is 9.70. The molecule has 1 unspecified atom stereocenters. The molecule has 0 spiro atoms. The van der Waals surface area contributed by atoms with Crippen molar-refractivity contribution in [3.63, 3.8) is 0 Å². The van der Waals surface area contributed by atoms with E-state index in [9.17, 15) is 4.79 Å². The van der Waals surface area contributed by atoms with Gasteiger partial charge in [0.2, 0.25) is 5.91 Å². The number of hydrogen-bond donors (Lipinski definition) is 2. The summed E-state index contributed by atoms with van der Waals surface area (Å²) in [5, 5.41) is 3.04. The summed E-state index contributed by atoms with van der Waals surface area (Å²) in [5.41, 5.74) is 5.92. The van der Waals surface area contributed by atoms with E-state index in [0.717, 1.165) is 12.5 Å². The summed E-state index contributed by atoms with van der Waals surface area (Å²) in [6, 6.07) is 0. The topological polar surface area (TPSA) is 55.1 Å². The van der Waals surface area contributed by atoms with Crippen LogP contribution < -0.4 is 11.1 Å². The van der Waals surface area contributed by atoms with Gasteiger partial charge in [-0.1, -0.05) is 27.7 Å². The van der Waals surface area contributed by atoms with Crippen LogP contribution in [0.3, 0.4) is 0 Å². The summed E-state index contributed by atoms with van der Waals surface area (Å²) in [6.45, 7) is 10.2. The van der Waals surface area contributed by atoms with Gasteiger partial charge >= 0.3 is 0 Å².